The number of rotatable bonds is 1. The molecule has 0 N–H and O–H groups in total. The van der Waals surface area contributed by atoms with Crippen LogP contribution in [0.15, 0.2) is 0 Å². The molecule has 0 radical (unpaired) electrons. The maximum Gasteiger partial charge on any atom is 0.0553 e. The van der Waals surface area contributed by atoms with Crippen molar-refractivity contribution in [3.05, 3.63) is 0 Å². The average Bonchev–Trinajstić information content (AvgIpc) is 2.10. The summed E-state index contributed by atoms with van der Waals surface area (Å²) in [5, 5.41) is -2.20. The van der Waals surface area contributed by atoms with Gasteiger partial charge in [-0.15, -0.1) is 0 Å². The zero-order valence-electron chi connectivity index (χ0n) is 17.0. The van der Waals surface area contributed by atoms with Gasteiger partial charge in [0.25, 0.3) is 0 Å². The second-order valence-corrected chi connectivity index (χ2v) is 8.38. The Morgan fingerprint density at radius 3 is 2.30 bits per heavy atom. The largest absolute Gasteiger partial charge is 0.0688 e. The molecule has 1 heteroatoms. The van der Waals surface area contributed by atoms with Gasteiger partial charge < -0.3 is 0 Å². The van der Waals surface area contributed by atoms with Crippen molar-refractivity contribution in [1.29, 1.82) is 0 Å². The van der Waals surface area contributed by atoms with Gasteiger partial charge in [-0.05, 0) is 5.04 Å². The summed E-state index contributed by atoms with van der Waals surface area (Å²) >= 11 is 0. The predicted octanol–water partition coefficient (Wildman–Crippen LogP) is 3.90. The van der Waals surface area contributed by atoms with Crippen molar-refractivity contribution in [3.63, 3.8) is 0 Å². The molecule has 0 spiro atoms. The van der Waals surface area contributed by atoms with E-state index in [0.717, 1.165) is 13.8 Å². The van der Waals surface area contributed by atoms with E-state index in [1.165, 1.54) is 13.1 Å². The first kappa shape index (κ1) is 2.35. The molecule has 0 amide bonds. The summed E-state index contributed by atoms with van der Waals surface area (Å²) in [4.78, 5) is 0. The Bertz CT molecular complexity index is 344. The maximum absolute atomic E-state index is 8.20. The van der Waals surface area contributed by atoms with Crippen LogP contribution in [-0.2, 0) is 0 Å². The Morgan fingerprint density at radius 1 is 1.50 bits per heavy atom. The van der Waals surface area contributed by atoms with Crippen molar-refractivity contribution < 1.29 is 13.7 Å². The van der Waals surface area contributed by atoms with Gasteiger partial charge in [0.05, 0.1) is 8.07 Å². The highest BCUT2D eigenvalue weighted by atomic mass is 28.3. The molecule has 0 rings (SSSR count). The smallest absolute Gasteiger partial charge is 0.0553 e. The van der Waals surface area contributed by atoms with Crippen molar-refractivity contribution >= 4 is 8.07 Å². The molecule has 0 heterocycles. The monoisotopic (exact) mass is 168 g/mol. The molecule has 0 bridgehead atoms. The molecule has 0 aliphatic carbocycles. The third-order valence-corrected chi connectivity index (χ3v) is 6.56. The van der Waals surface area contributed by atoms with Crippen LogP contribution in [0, 0.1) is 0 Å². The molecular formula is C9H22Si. The summed E-state index contributed by atoms with van der Waals surface area (Å²) in [5.74, 6) is 0. The van der Waals surface area contributed by atoms with Crippen LogP contribution in [0.1, 0.15) is 48.1 Å². The second-order valence-electron chi connectivity index (χ2n) is 3.38. The maximum atomic E-state index is 8.20. The van der Waals surface area contributed by atoms with E-state index in [1.54, 1.807) is 0 Å². The van der Waals surface area contributed by atoms with Gasteiger partial charge in [-0.3, -0.25) is 0 Å². The minimum atomic E-state index is -3.61. The fourth-order valence-electron chi connectivity index (χ4n) is 0.375. The molecule has 0 aliphatic heterocycles. The molecule has 0 aromatic rings. The van der Waals surface area contributed by atoms with Crippen LogP contribution >= 0.6 is 0 Å². The van der Waals surface area contributed by atoms with E-state index in [4.69, 9.17) is 13.7 Å². The fraction of sp³-hybridized carbons (Fsp3) is 1.00. The van der Waals surface area contributed by atoms with Gasteiger partial charge in [0.1, 0.15) is 0 Å². The fourth-order valence-corrected chi connectivity index (χ4v) is 1.12. The van der Waals surface area contributed by atoms with Gasteiger partial charge in [0.2, 0.25) is 0 Å². The minimum Gasteiger partial charge on any atom is -0.0688 e. The molecule has 0 fully saturated rings. The van der Waals surface area contributed by atoms with Crippen molar-refractivity contribution in [1.82, 2.24) is 0 Å². The van der Waals surface area contributed by atoms with E-state index in [-0.39, 0.29) is 0 Å². The second kappa shape index (κ2) is 2.69. The Balaban J connectivity index is 6.38. The highest BCUT2D eigenvalue weighted by Crippen LogP contribution is 2.42. The summed E-state index contributed by atoms with van der Waals surface area (Å²) in [6.45, 7) is -3.56. The molecule has 1 unspecified atom stereocenters. The first-order valence-corrected chi connectivity index (χ1v) is 6.25. The molecule has 0 aliphatic rings. The van der Waals surface area contributed by atoms with Crippen molar-refractivity contribution in [2.45, 2.75) is 58.1 Å². The van der Waals surface area contributed by atoms with Crippen LogP contribution in [0.4, 0.5) is 0 Å². The summed E-state index contributed by atoms with van der Waals surface area (Å²) in [7, 11) is -3.61. The van der Waals surface area contributed by atoms with E-state index in [0.29, 0.717) is 0 Å². The van der Waals surface area contributed by atoms with Gasteiger partial charge in [-0.1, -0.05) is 53.0 Å². The van der Waals surface area contributed by atoms with Crippen molar-refractivity contribution in [3.8, 4) is 0 Å². The van der Waals surface area contributed by atoms with Gasteiger partial charge in [0.15, 0.2) is 0 Å². The van der Waals surface area contributed by atoms with Gasteiger partial charge in [-0.2, -0.15) is 0 Å². The van der Waals surface area contributed by atoms with Crippen LogP contribution < -0.4 is 0 Å². The molecule has 0 nitrogen and oxygen atoms in total. The third kappa shape index (κ3) is 1.85. The quantitative estimate of drug-likeness (QED) is 0.521. The van der Waals surface area contributed by atoms with Crippen molar-refractivity contribution in [2.24, 2.45) is 0 Å². The molecule has 1 atom stereocenters. The zero-order chi connectivity index (χ0) is 17.0. The standard InChI is InChI=1S/C9H22Si/c1-8(2)10(6,7)9(3,4)5/h8H,1-7H3/i1D3,3D3,4D3,8D. The van der Waals surface area contributed by atoms with E-state index < -0.39 is 39.2 Å². The third-order valence-electron chi connectivity index (χ3n) is 2.19. The molecule has 0 saturated carbocycles. The average molecular weight is 168 g/mol. The van der Waals surface area contributed by atoms with Gasteiger partial charge >= 0.3 is 0 Å². The van der Waals surface area contributed by atoms with E-state index in [2.05, 4.69) is 0 Å². The Morgan fingerprint density at radius 2 is 2.00 bits per heavy atom. The molecule has 62 valence electrons. The van der Waals surface area contributed by atoms with E-state index >= 15 is 0 Å². The van der Waals surface area contributed by atoms with E-state index in [9.17, 15) is 0 Å². The summed E-state index contributed by atoms with van der Waals surface area (Å²) < 4.78 is 76.4. The Kier molecular flexibility index (Phi) is 0.632. The lowest BCUT2D eigenvalue weighted by Gasteiger charge is -2.40. The molecule has 10 heavy (non-hydrogen) atoms. The summed E-state index contributed by atoms with van der Waals surface area (Å²) in [5.41, 5.74) is -2.10. The lowest BCUT2D eigenvalue weighted by molar-refractivity contribution is 0.695. The highest BCUT2D eigenvalue weighted by molar-refractivity contribution is 6.81. The first-order valence-electron chi connectivity index (χ1n) is 8.25. The lowest BCUT2D eigenvalue weighted by atomic mass is 10.2. The van der Waals surface area contributed by atoms with Crippen molar-refractivity contribution in [2.75, 3.05) is 0 Å². The summed E-state index contributed by atoms with van der Waals surface area (Å²) in [6.07, 6.45) is 0. The zero-order valence-corrected chi connectivity index (χ0v) is 8.00. The Hall–Kier alpha value is 0.217. The predicted molar refractivity (Wildman–Crippen MR) is 52.3 cm³/mol. The molecule has 0 aromatic carbocycles. The van der Waals surface area contributed by atoms with Crippen LogP contribution in [0.3, 0.4) is 0 Å². The lowest BCUT2D eigenvalue weighted by Crippen LogP contribution is -2.39. The SMILES string of the molecule is [2H]C([2H])([2H])C([2H])(C)[Si](C)(C)C(C)(C([2H])([2H])[2H])C([2H])([2H])[2H]. The molecular weight excluding hydrogens is 136 g/mol. The topological polar surface area (TPSA) is 0 Å². The van der Waals surface area contributed by atoms with Crippen LogP contribution in [-0.4, -0.2) is 8.07 Å². The first-order chi connectivity index (χ1) is 8.25. The normalized spacial score (nSPS) is 38.8. The summed E-state index contributed by atoms with van der Waals surface area (Å²) in [6, 6.07) is 0. The van der Waals surface area contributed by atoms with Crippen LogP contribution in [0.25, 0.3) is 0 Å². The number of hydrogen-bond acceptors (Lipinski definition) is 0. The minimum absolute atomic E-state index is 1.08. The molecule has 0 aromatic heterocycles. The highest BCUT2D eigenvalue weighted by Gasteiger charge is 2.37. The van der Waals surface area contributed by atoms with Crippen LogP contribution in [0.2, 0.25) is 23.6 Å². The number of hydrogen-bond donors (Lipinski definition) is 0. The van der Waals surface area contributed by atoms with Crippen LogP contribution in [0.5, 0.6) is 0 Å². The Labute approximate surface area is 81.1 Å². The van der Waals surface area contributed by atoms with Gasteiger partial charge in [-0.25, -0.2) is 0 Å². The van der Waals surface area contributed by atoms with Gasteiger partial charge in [0, 0.05) is 13.7 Å². The van der Waals surface area contributed by atoms with E-state index in [1.807, 2.05) is 0 Å². The molecule has 0 saturated heterocycles.